The van der Waals surface area contributed by atoms with Gasteiger partial charge in [0.15, 0.2) is 0 Å². The second-order valence-corrected chi connectivity index (χ2v) is 7.99. The molecule has 2 fully saturated rings. The molecular weight excluding hydrogens is 292 g/mol. The summed E-state index contributed by atoms with van der Waals surface area (Å²) in [5.74, 6) is 0.907. The molecule has 0 atom stereocenters. The summed E-state index contributed by atoms with van der Waals surface area (Å²) in [6, 6.07) is 0.224. The lowest BCUT2D eigenvalue weighted by atomic mass is 9.85. The number of ether oxygens (including phenoxy) is 2. The van der Waals surface area contributed by atoms with E-state index < -0.39 is 5.60 Å². The Morgan fingerprint density at radius 2 is 1.78 bits per heavy atom. The minimum absolute atomic E-state index is 0.224. The molecule has 5 nitrogen and oxygen atoms in total. The average molecular weight is 326 g/mol. The number of carbonyl (C=O) groups is 1. The zero-order valence-corrected chi connectivity index (χ0v) is 15.0. The van der Waals surface area contributed by atoms with Crippen molar-refractivity contribution in [3.63, 3.8) is 0 Å². The van der Waals surface area contributed by atoms with Crippen LogP contribution in [-0.2, 0) is 9.47 Å². The Labute approximate surface area is 140 Å². The minimum atomic E-state index is -0.434. The Kier molecular flexibility index (Phi) is 7.15. The van der Waals surface area contributed by atoms with E-state index in [-0.39, 0.29) is 12.1 Å². The van der Waals surface area contributed by atoms with Crippen LogP contribution >= 0.6 is 0 Å². The van der Waals surface area contributed by atoms with Crippen molar-refractivity contribution in [1.29, 1.82) is 0 Å². The van der Waals surface area contributed by atoms with E-state index in [4.69, 9.17) is 9.47 Å². The Morgan fingerprint density at radius 1 is 1.09 bits per heavy atom. The van der Waals surface area contributed by atoms with Crippen molar-refractivity contribution in [3.8, 4) is 0 Å². The second kappa shape index (κ2) is 8.88. The summed E-state index contributed by atoms with van der Waals surface area (Å²) in [5, 5.41) is 6.45. The Hall–Kier alpha value is -0.810. The summed E-state index contributed by atoms with van der Waals surface area (Å²) in [6.07, 6.45) is 8.21. The second-order valence-electron chi connectivity index (χ2n) is 7.99. The van der Waals surface area contributed by atoms with Gasteiger partial charge < -0.3 is 20.1 Å². The summed E-state index contributed by atoms with van der Waals surface area (Å²) in [4.78, 5) is 11.8. The maximum atomic E-state index is 11.8. The molecule has 2 saturated carbocycles. The third kappa shape index (κ3) is 7.53. The first-order valence-electron chi connectivity index (χ1n) is 9.24. The first-order valence-corrected chi connectivity index (χ1v) is 9.24. The van der Waals surface area contributed by atoms with E-state index in [1.54, 1.807) is 0 Å². The topological polar surface area (TPSA) is 59.6 Å². The third-order valence-corrected chi connectivity index (χ3v) is 4.69. The molecule has 0 aromatic carbocycles. The maximum absolute atomic E-state index is 11.8. The minimum Gasteiger partial charge on any atom is -0.444 e. The summed E-state index contributed by atoms with van der Waals surface area (Å²) in [5.41, 5.74) is -0.434. The highest BCUT2D eigenvalue weighted by Gasteiger charge is 2.25. The van der Waals surface area contributed by atoms with Crippen LogP contribution < -0.4 is 10.6 Å². The van der Waals surface area contributed by atoms with Gasteiger partial charge in [-0.1, -0.05) is 6.42 Å². The number of amides is 1. The molecule has 2 aliphatic rings. The number of carbonyl (C=O) groups excluding carboxylic acids is 1. The van der Waals surface area contributed by atoms with Crippen LogP contribution in [0.15, 0.2) is 0 Å². The summed E-state index contributed by atoms with van der Waals surface area (Å²) >= 11 is 0. The van der Waals surface area contributed by atoms with Gasteiger partial charge in [-0.15, -0.1) is 0 Å². The summed E-state index contributed by atoms with van der Waals surface area (Å²) in [6.45, 7) is 8.55. The standard InChI is InChI=1S/C18H34N2O3/c1-18(2,3)23-17(21)20-15-7-9-16(10-8-15)22-12-11-19-13-14-5-4-6-14/h14-16,19H,4-13H2,1-3H3,(H,20,21). The van der Waals surface area contributed by atoms with Crippen LogP contribution in [0.1, 0.15) is 65.7 Å². The molecule has 0 heterocycles. The molecule has 0 aromatic rings. The van der Waals surface area contributed by atoms with Gasteiger partial charge in [-0.3, -0.25) is 0 Å². The molecule has 23 heavy (non-hydrogen) atoms. The van der Waals surface area contributed by atoms with Gasteiger partial charge in [0.25, 0.3) is 0 Å². The van der Waals surface area contributed by atoms with Crippen LogP contribution in [0.25, 0.3) is 0 Å². The van der Waals surface area contributed by atoms with E-state index in [0.717, 1.165) is 51.3 Å². The van der Waals surface area contributed by atoms with Crippen molar-refractivity contribution in [2.75, 3.05) is 19.7 Å². The van der Waals surface area contributed by atoms with E-state index >= 15 is 0 Å². The van der Waals surface area contributed by atoms with Crippen LogP contribution in [0, 0.1) is 5.92 Å². The van der Waals surface area contributed by atoms with Gasteiger partial charge in [0, 0.05) is 12.6 Å². The maximum Gasteiger partial charge on any atom is 0.407 e. The normalized spacial score (nSPS) is 25.7. The molecular formula is C18H34N2O3. The van der Waals surface area contributed by atoms with Gasteiger partial charge in [0.05, 0.1) is 12.7 Å². The van der Waals surface area contributed by atoms with Crippen LogP contribution in [-0.4, -0.2) is 43.5 Å². The van der Waals surface area contributed by atoms with Crippen LogP contribution in [0.3, 0.4) is 0 Å². The largest absolute Gasteiger partial charge is 0.444 e. The summed E-state index contributed by atoms with van der Waals surface area (Å²) < 4.78 is 11.2. The van der Waals surface area contributed by atoms with Gasteiger partial charge in [-0.05, 0) is 71.8 Å². The highest BCUT2D eigenvalue weighted by atomic mass is 16.6. The van der Waals surface area contributed by atoms with E-state index in [2.05, 4.69) is 10.6 Å². The lowest BCUT2D eigenvalue weighted by Gasteiger charge is -2.30. The van der Waals surface area contributed by atoms with Crippen LogP contribution in [0.5, 0.6) is 0 Å². The molecule has 0 aromatic heterocycles. The lowest BCUT2D eigenvalue weighted by molar-refractivity contribution is 0.0190. The van der Waals surface area contributed by atoms with Crippen molar-refractivity contribution >= 4 is 6.09 Å². The van der Waals surface area contributed by atoms with Gasteiger partial charge in [-0.25, -0.2) is 4.79 Å². The van der Waals surface area contributed by atoms with Crippen molar-refractivity contribution in [2.24, 2.45) is 5.92 Å². The molecule has 134 valence electrons. The molecule has 2 rings (SSSR count). The summed E-state index contributed by atoms with van der Waals surface area (Å²) in [7, 11) is 0. The van der Waals surface area contributed by atoms with Crippen molar-refractivity contribution in [2.45, 2.75) is 83.5 Å². The average Bonchev–Trinajstić information content (AvgIpc) is 2.40. The van der Waals surface area contributed by atoms with Gasteiger partial charge in [-0.2, -0.15) is 0 Å². The van der Waals surface area contributed by atoms with E-state index in [9.17, 15) is 4.79 Å². The molecule has 0 unspecified atom stereocenters. The van der Waals surface area contributed by atoms with Gasteiger partial charge in [0.1, 0.15) is 5.60 Å². The molecule has 0 aliphatic heterocycles. The molecule has 0 spiro atoms. The SMILES string of the molecule is CC(C)(C)OC(=O)NC1CCC(OCCNCC2CCC2)CC1. The monoisotopic (exact) mass is 326 g/mol. The third-order valence-electron chi connectivity index (χ3n) is 4.69. The predicted octanol–water partition coefficient (Wildman–Crippen LogP) is 3.23. The fourth-order valence-electron chi connectivity index (χ4n) is 3.15. The molecule has 0 radical (unpaired) electrons. The number of nitrogens with one attached hydrogen (secondary N) is 2. The number of alkyl carbamates (subject to hydrolysis) is 1. The van der Waals surface area contributed by atoms with Gasteiger partial charge >= 0.3 is 6.09 Å². The molecule has 2 N–H and O–H groups in total. The fourth-order valence-corrected chi connectivity index (χ4v) is 3.15. The number of rotatable bonds is 7. The van der Waals surface area contributed by atoms with Crippen molar-refractivity contribution < 1.29 is 14.3 Å². The quantitative estimate of drug-likeness (QED) is 0.705. The molecule has 1 amide bonds. The van der Waals surface area contributed by atoms with E-state index in [1.165, 1.54) is 19.3 Å². The first kappa shape index (κ1) is 18.5. The number of hydrogen-bond acceptors (Lipinski definition) is 4. The molecule has 0 saturated heterocycles. The highest BCUT2D eigenvalue weighted by molar-refractivity contribution is 5.68. The molecule has 0 bridgehead atoms. The zero-order valence-electron chi connectivity index (χ0n) is 15.0. The van der Waals surface area contributed by atoms with Crippen molar-refractivity contribution in [1.82, 2.24) is 10.6 Å². The van der Waals surface area contributed by atoms with Crippen molar-refractivity contribution in [3.05, 3.63) is 0 Å². The van der Waals surface area contributed by atoms with E-state index in [1.807, 2.05) is 20.8 Å². The van der Waals surface area contributed by atoms with Crippen LogP contribution in [0.2, 0.25) is 0 Å². The Balaban J connectivity index is 1.49. The van der Waals surface area contributed by atoms with Gasteiger partial charge in [0.2, 0.25) is 0 Å². The first-order chi connectivity index (χ1) is 10.9. The number of hydrogen-bond donors (Lipinski definition) is 2. The zero-order chi connectivity index (χ0) is 16.7. The predicted molar refractivity (Wildman–Crippen MR) is 91.6 cm³/mol. The van der Waals surface area contributed by atoms with Crippen LogP contribution in [0.4, 0.5) is 4.79 Å². The molecule has 5 heteroatoms. The highest BCUT2D eigenvalue weighted by Crippen LogP contribution is 2.25. The smallest absolute Gasteiger partial charge is 0.407 e. The Bertz CT molecular complexity index is 356. The van der Waals surface area contributed by atoms with E-state index in [0.29, 0.717) is 6.10 Å². The fraction of sp³-hybridized carbons (Fsp3) is 0.944. The Morgan fingerprint density at radius 3 is 2.35 bits per heavy atom. The molecule has 2 aliphatic carbocycles. The lowest BCUT2D eigenvalue weighted by Crippen LogP contribution is -2.42.